The summed E-state index contributed by atoms with van der Waals surface area (Å²) in [6, 6.07) is 14.7. The molecule has 29 heavy (non-hydrogen) atoms. The fraction of sp³-hybridized carbons (Fsp3) is 0.182. The van der Waals surface area contributed by atoms with Crippen molar-refractivity contribution < 1.29 is 18.9 Å². The van der Waals surface area contributed by atoms with Crippen LogP contribution in [0.1, 0.15) is 5.56 Å². The van der Waals surface area contributed by atoms with E-state index in [1.807, 2.05) is 18.2 Å². The van der Waals surface area contributed by atoms with E-state index in [1.165, 1.54) is 0 Å². The number of hydrogen-bond acceptors (Lipinski definition) is 7. The molecule has 1 aromatic heterocycles. The van der Waals surface area contributed by atoms with Crippen molar-refractivity contribution in [1.82, 2.24) is 4.98 Å². The third kappa shape index (κ3) is 3.87. The molecule has 0 unspecified atom stereocenters. The molecule has 7 heteroatoms. The highest BCUT2D eigenvalue weighted by atomic mass is 16.5. The maximum absolute atomic E-state index is 9.68. The van der Waals surface area contributed by atoms with Gasteiger partial charge in [0.25, 0.3) is 0 Å². The van der Waals surface area contributed by atoms with E-state index < -0.39 is 0 Å². The molecule has 3 aromatic rings. The van der Waals surface area contributed by atoms with Crippen molar-refractivity contribution >= 4 is 5.82 Å². The van der Waals surface area contributed by atoms with E-state index in [9.17, 15) is 5.26 Å². The van der Waals surface area contributed by atoms with Crippen LogP contribution in [0.15, 0.2) is 42.5 Å². The molecule has 7 nitrogen and oxygen atoms in total. The number of nitrogen functional groups attached to an aromatic ring is 1. The number of methoxy groups -OCH3 is 4. The molecule has 0 amide bonds. The molecule has 0 fully saturated rings. The zero-order valence-corrected chi connectivity index (χ0v) is 16.6. The van der Waals surface area contributed by atoms with Gasteiger partial charge in [0.05, 0.1) is 34.1 Å². The Bertz CT molecular complexity index is 1070. The summed E-state index contributed by atoms with van der Waals surface area (Å²) in [6.07, 6.45) is 0. The van der Waals surface area contributed by atoms with Gasteiger partial charge in [0.2, 0.25) is 0 Å². The minimum atomic E-state index is 0.117. The summed E-state index contributed by atoms with van der Waals surface area (Å²) in [5, 5.41) is 9.68. The summed E-state index contributed by atoms with van der Waals surface area (Å²) in [7, 11) is 6.29. The quantitative estimate of drug-likeness (QED) is 0.680. The summed E-state index contributed by atoms with van der Waals surface area (Å²) >= 11 is 0. The predicted octanol–water partition coefficient (Wildman–Crippen LogP) is 3.90. The lowest BCUT2D eigenvalue weighted by molar-refractivity contribution is 0.394. The van der Waals surface area contributed by atoms with E-state index in [1.54, 1.807) is 52.7 Å². The average molecular weight is 391 g/mol. The first-order valence-corrected chi connectivity index (χ1v) is 8.71. The number of rotatable bonds is 6. The van der Waals surface area contributed by atoms with Crippen LogP contribution < -0.4 is 24.7 Å². The molecule has 0 aliphatic heterocycles. The van der Waals surface area contributed by atoms with Crippen molar-refractivity contribution in [2.45, 2.75) is 0 Å². The summed E-state index contributed by atoms with van der Waals surface area (Å²) < 4.78 is 21.5. The van der Waals surface area contributed by atoms with Crippen molar-refractivity contribution in [3.8, 4) is 51.5 Å². The number of nitrogens with two attached hydrogens (primary N) is 1. The molecule has 3 rings (SSSR count). The van der Waals surface area contributed by atoms with Crippen molar-refractivity contribution in [1.29, 1.82) is 5.26 Å². The van der Waals surface area contributed by atoms with Crippen molar-refractivity contribution in [3.05, 3.63) is 48.0 Å². The van der Waals surface area contributed by atoms with Crippen LogP contribution in [0.2, 0.25) is 0 Å². The zero-order valence-electron chi connectivity index (χ0n) is 16.6. The van der Waals surface area contributed by atoms with Crippen LogP contribution in [-0.4, -0.2) is 33.4 Å². The lowest BCUT2D eigenvalue weighted by Crippen LogP contribution is -2.01. The Labute approximate surface area is 169 Å². The maximum Gasteiger partial charge on any atom is 0.142 e. The summed E-state index contributed by atoms with van der Waals surface area (Å²) in [6.45, 7) is 0. The van der Waals surface area contributed by atoms with Crippen molar-refractivity contribution in [3.63, 3.8) is 0 Å². The number of pyridine rings is 1. The van der Waals surface area contributed by atoms with Gasteiger partial charge in [-0.05, 0) is 42.0 Å². The zero-order chi connectivity index (χ0) is 21.0. The van der Waals surface area contributed by atoms with Gasteiger partial charge in [-0.25, -0.2) is 4.98 Å². The molecule has 2 N–H and O–H groups in total. The Hall–Kier alpha value is -3.92. The van der Waals surface area contributed by atoms with E-state index in [2.05, 4.69) is 11.1 Å². The smallest absolute Gasteiger partial charge is 0.142 e. The molecule has 0 saturated carbocycles. The van der Waals surface area contributed by atoms with Gasteiger partial charge in [0, 0.05) is 17.2 Å². The van der Waals surface area contributed by atoms with Gasteiger partial charge in [-0.15, -0.1) is 0 Å². The Kier molecular flexibility index (Phi) is 5.74. The van der Waals surface area contributed by atoms with E-state index in [0.29, 0.717) is 39.8 Å². The van der Waals surface area contributed by atoms with Gasteiger partial charge in [0.1, 0.15) is 40.4 Å². The van der Waals surface area contributed by atoms with E-state index in [-0.39, 0.29) is 11.4 Å². The Morgan fingerprint density at radius 1 is 0.793 bits per heavy atom. The molecular formula is C22H21N3O4. The first-order chi connectivity index (χ1) is 14.0. The fourth-order valence-corrected chi connectivity index (χ4v) is 3.03. The van der Waals surface area contributed by atoms with E-state index in [0.717, 1.165) is 5.56 Å². The summed E-state index contributed by atoms with van der Waals surface area (Å²) in [4.78, 5) is 4.43. The summed E-state index contributed by atoms with van der Waals surface area (Å²) in [5.74, 6) is 2.57. The topological polar surface area (TPSA) is 99.6 Å². The maximum atomic E-state index is 9.68. The van der Waals surface area contributed by atoms with Crippen LogP contribution in [0.25, 0.3) is 22.4 Å². The molecule has 0 spiro atoms. The van der Waals surface area contributed by atoms with Gasteiger partial charge in [-0.1, -0.05) is 0 Å². The second kappa shape index (κ2) is 8.40. The van der Waals surface area contributed by atoms with Crippen molar-refractivity contribution in [2.24, 2.45) is 0 Å². The Balaban J connectivity index is 2.29. The molecule has 0 radical (unpaired) electrons. The number of nitrogens with zero attached hydrogens (tertiary/aromatic N) is 2. The SMILES string of the molecule is COc1cc(OC)cc(-c2cc(-c3cc(OC)ccc3OC)nc(N)c2C#N)c1. The van der Waals surface area contributed by atoms with E-state index >= 15 is 0 Å². The molecule has 0 bridgehead atoms. The van der Waals surface area contributed by atoms with Crippen LogP contribution in [0.3, 0.4) is 0 Å². The van der Waals surface area contributed by atoms with Gasteiger partial charge in [-0.2, -0.15) is 5.26 Å². The highest BCUT2D eigenvalue weighted by molar-refractivity contribution is 5.83. The Morgan fingerprint density at radius 2 is 1.45 bits per heavy atom. The van der Waals surface area contributed by atoms with Gasteiger partial charge in [-0.3, -0.25) is 0 Å². The number of ether oxygens (including phenoxy) is 4. The van der Waals surface area contributed by atoms with Gasteiger partial charge >= 0.3 is 0 Å². The minimum Gasteiger partial charge on any atom is -0.497 e. The molecule has 0 saturated heterocycles. The minimum absolute atomic E-state index is 0.117. The number of anilines is 1. The third-order valence-corrected chi connectivity index (χ3v) is 4.50. The largest absolute Gasteiger partial charge is 0.497 e. The Morgan fingerprint density at radius 3 is 2.00 bits per heavy atom. The van der Waals surface area contributed by atoms with Crippen LogP contribution >= 0.6 is 0 Å². The lowest BCUT2D eigenvalue weighted by Gasteiger charge is -2.14. The lowest BCUT2D eigenvalue weighted by atomic mass is 9.97. The molecule has 0 atom stereocenters. The van der Waals surface area contributed by atoms with E-state index in [4.69, 9.17) is 24.7 Å². The third-order valence-electron chi connectivity index (χ3n) is 4.50. The van der Waals surface area contributed by atoms with Gasteiger partial charge < -0.3 is 24.7 Å². The number of aromatic nitrogens is 1. The molecular weight excluding hydrogens is 370 g/mol. The standard InChI is InChI=1S/C22H21N3O4/c1-26-14-5-6-21(29-4)18(10-14)20-11-17(19(12-23)22(24)25-20)13-7-15(27-2)9-16(8-13)28-3/h5-11H,1-4H3,(H2,24,25). The molecule has 1 heterocycles. The molecule has 0 aliphatic carbocycles. The second-order valence-electron chi connectivity index (χ2n) is 6.09. The average Bonchev–Trinajstić information content (AvgIpc) is 2.77. The highest BCUT2D eigenvalue weighted by Crippen LogP contribution is 2.38. The fourth-order valence-electron chi connectivity index (χ4n) is 3.03. The number of nitriles is 1. The first-order valence-electron chi connectivity index (χ1n) is 8.71. The van der Waals surface area contributed by atoms with Crippen LogP contribution in [0, 0.1) is 11.3 Å². The predicted molar refractivity (Wildman–Crippen MR) is 110 cm³/mol. The second-order valence-corrected chi connectivity index (χ2v) is 6.09. The monoisotopic (exact) mass is 391 g/mol. The molecule has 0 aliphatic rings. The van der Waals surface area contributed by atoms with Crippen LogP contribution in [0.5, 0.6) is 23.0 Å². The first kappa shape index (κ1) is 19.8. The summed E-state index contributed by atoms with van der Waals surface area (Å²) in [5.41, 5.74) is 8.98. The number of hydrogen-bond donors (Lipinski definition) is 1. The number of benzene rings is 2. The van der Waals surface area contributed by atoms with Crippen molar-refractivity contribution in [2.75, 3.05) is 34.2 Å². The van der Waals surface area contributed by atoms with Crippen LogP contribution in [-0.2, 0) is 0 Å². The molecule has 2 aromatic carbocycles. The normalized spacial score (nSPS) is 10.2. The highest BCUT2D eigenvalue weighted by Gasteiger charge is 2.17. The molecule has 148 valence electrons. The van der Waals surface area contributed by atoms with Gasteiger partial charge in [0.15, 0.2) is 0 Å². The van der Waals surface area contributed by atoms with Crippen LogP contribution in [0.4, 0.5) is 5.82 Å².